The van der Waals surface area contributed by atoms with E-state index >= 15 is 0 Å². The molecule has 2 heterocycles. The Hall–Kier alpha value is -3.12. The number of carboxylic acids is 1. The largest absolute Gasteiger partial charge is 0.489 e. The fraction of sp³-hybridized carbons (Fsp3) is 0.182. The van der Waals surface area contributed by atoms with E-state index in [0.29, 0.717) is 41.5 Å². The summed E-state index contributed by atoms with van der Waals surface area (Å²) in [4.78, 5) is 16.3. The van der Waals surface area contributed by atoms with Gasteiger partial charge in [-0.3, -0.25) is 0 Å². The maximum absolute atomic E-state index is 13.1. The first kappa shape index (κ1) is 19.2. The molecule has 0 amide bonds. The van der Waals surface area contributed by atoms with Crippen LogP contribution in [0.2, 0.25) is 5.02 Å². The summed E-state index contributed by atoms with van der Waals surface area (Å²) in [6.45, 7) is 0.933. The zero-order chi connectivity index (χ0) is 20.4. The number of nitrogens with zero attached hydrogens (tertiary/aromatic N) is 1. The summed E-state index contributed by atoms with van der Waals surface area (Å²) in [7, 11) is 0. The third kappa shape index (κ3) is 4.17. The van der Waals surface area contributed by atoms with Crippen LogP contribution in [0.5, 0.6) is 5.75 Å². The molecule has 0 saturated heterocycles. The van der Waals surface area contributed by atoms with Crippen LogP contribution < -0.4 is 10.1 Å². The average Bonchev–Trinajstić information content (AvgIpc) is 3.17. The maximum Gasteiger partial charge on any atom is 0.336 e. The topological polar surface area (TPSA) is 71.5 Å². The number of aromatic carboxylic acids is 1. The first-order chi connectivity index (χ1) is 14.0. The lowest BCUT2D eigenvalue weighted by molar-refractivity contribution is 0.0694. The molecule has 1 aromatic heterocycles. The van der Waals surface area contributed by atoms with E-state index in [1.807, 2.05) is 0 Å². The standard InChI is InChI=1S/C22H18ClFN2O3/c23-16-3-6-19(29-12-13-1-4-17(24)5-2-13)14(10-16)9-15-11-26-21-18(7-8-25-21)20(15)22(27)28/h1-6,10-11H,7-9,12H2,(H,25,26)(H,27,28). The van der Waals surface area contributed by atoms with Crippen LogP contribution in [-0.2, 0) is 19.4 Å². The van der Waals surface area contributed by atoms with Crippen molar-refractivity contribution in [2.45, 2.75) is 19.4 Å². The lowest BCUT2D eigenvalue weighted by Gasteiger charge is -2.14. The van der Waals surface area contributed by atoms with Crippen molar-refractivity contribution in [2.24, 2.45) is 0 Å². The highest BCUT2D eigenvalue weighted by atomic mass is 35.5. The molecule has 2 aromatic carbocycles. The predicted molar refractivity (Wildman–Crippen MR) is 108 cm³/mol. The molecular formula is C22H18ClFN2O3. The minimum absolute atomic E-state index is 0.257. The second kappa shape index (κ2) is 8.09. The molecule has 0 saturated carbocycles. The summed E-state index contributed by atoms with van der Waals surface area (Å²) in [5.74, 6) is -0.0578. The molecule has 1 aliphatic heterocycles. The SMILES string of the molecule is O=C(O)c1c(Cc2cc(Cl)ccc2OCc2ccc(F)cc2)cnc2c1CCN2. The quantitative estimate of drug-likeness (QED) is 0.613. The molecule has 0 bridgehead atoms. The van der Waals surface area contributed by atoms with Gasteiger partial charge in [0.2, 0.25) is 0 Å². The molecule has 2 N–H and O–H groups in total. The summed E-state index contributed by atoms with van der Waals surface area (Å²) in [6.07, 6.45) is 2.54. The van der Waals surface area contributed by atoms with Crippen molar-refractivity contribution in [3.05, 3.63) is 87.3 Å². The molecule has 0 fully saturated rings. The number of carboxylic acid groups (broad SMARTS) is 1. The van der Waals surface area contributed by atoms with Crippen LogP contribution >= 0.6 is 11.6 Å². The van der Waals surface area contributed by atoms with Gasteiger partial charge in [0.1, 0.15) is 24.0 Å². The highest BCUT2D eigenvalue weighted by Gasteiger charge is 2.24. The first-order valence-corrected chi connectivity index (χ1v) is 9.52. The van der Waals surface area contributed by atoms with Crippen LogP contribution in [0.15, 0.2) is 48.7 Å². The third-order valence-electron chi connectivity index (χ3n) is 4.85. The number of fused-ring (bicyclic) bond motifs is 1. The number of hydrogen-bond acceptors (Lipinski definition) is 4. The van der Waals surface area contributed by atoms with Gasteiger partial charge in [-0.1, -0.05) is 23.7 Å². The Morgan fingerprint density at radius 3 is 2.76 bits per heavy atom. The van der Waals surface area contributed by atoms with E-state index in [4.69, 9.17) is 16.3 Å². The van der Waals surface area contributed by atoms with Gasteiger partial charge < -0.3 is 15.2 Å². The van der Waals surface area contributed by atoms with E-state index in [-0.39, 0.29) is 18.0 Å². The van der Waals surface area contributed by atoms with E-state index in [1.54, 1.807) is 36.5 Å². The fourth-order valence-electron chi connectivity index (χ4n) is 3.47. The minimum Gasteiger partial charge on any atom is -0.489 e. The smallest absolute Gasteiger partial charge is 0.336 e. The minimum atomic E-state index is -0.974. The summed E-state index contributed by atoms with van der Waals surface area (Å²) >= 11 is 6.17. The average molecular weight is 413 g/mol. The maximum atomic E-state index is 13.1. The Morgan fingerprint density at radius 2 is 2.00 bits per heavy atom. The molecule has 5 nitrogen and oxygen atoms in total. The number of benzene rings is 2. The van der Waals surface area contributed by atoms with Crippen molar-refractivity contribution in [3.8, 4) is 5.75 Å². The fourth-order valence-corrected chi connectivity index (χ4v) is 3.67. The zero-order valence-electron chi connectivity index (χ0n) is 15.4. The highest BCUT2D eigenvalue weighted by molar-refractivity contribution is 6.30. The Bertz CT molecular complexity index is 1070. The van der Waals surface area contributed by atoms with Crippen LogP contribution in [0.1, 0.15) is 32.6 Å². The number of halogens is 2. The highest BCUT2D eigenvalue weighted by Crippen LogP contribution is 2.31. The number of rotatable bonds is 6. The number of aromatic nitrogens is 1. The van der Waals surface area contributed by atoms with Crippen molar-refractivity contribution in [1.29, 1.82) is 0 Å². The number of anilines is 1. The van der Waals surface area contributed by atoms with Gasteiger partial charge >= 0.3 is 5.97 Å². The summed E-state index contributed by atoms with van der Waals surface area (Å²) < 4.78 is 19.0. The number of nitrogens with one attached hydrogen (secondary N) is 1. The lowest BCUT2D eigenvalue weighted by atomic mass is 9.96. The van der Waals surface area contributed by atoms with E-state index in [9.17, 15) is 14.3 Å². The monoisotopic (exact) mass is 412 g/mol. The molecule has 4 rings (SSSR count). The van der Waals surface area contributed by atoms with Crippen molar-refractivity contribution in [1.82, 2.24) is 4.98 Å². The van der Waals surface area contributed by atoms with Crippen molar-refractivity contribution < 1.29 is 19.0 Å². The molecule has 3 aromatic rings. The Kier molecular flexibility index (Phi) is 5.36. The van der Waals surface area contributed by atoms with Crippen molar-refractivity contribution in [2.75, 3.05) is 11.9 Å². The Labute approximate surface area is 172 Å². The van der Waals surface area contributed by atoms with Crippen LogP contribution in [0, 0.1) is 5.82 Å². The molecule has 0 atom stereocenters. The van der Waals surface area contributed by atoms with E-state index in [0.717, 1.165) is 16.7 Å². The second-order valence-electron chi connectivity index (χ2n) is 6.81. The molecule has 0 unspecified atom stereocenters. The normalized spacial score (nSPS) is 12.3. The molecule has 0 aliphatic carbocycles. The lowest BCUT2D eigenvalue weighted by Crippen LogP contribution is -2.09. The van der Waals surface area contributed by atoms with Crippen LogP contribution in [0.4, 0.5) is 10.2 Å². The van der Waals surface area contributed by atoms with Gasteiger partial charge in [-0.15, -0.1) is 0 Å². The molecule has 1 aliphatic rings. The summed E-state index contributed by atoms with van der Waals surface area (Å²) in [6, 6.07) is 11.3. The zero-order valence-corrected chi connectivity index (χ0v) is 16.2. The van der Waals surface area contributed by atoms with Gasteiger partial charge in [-0.2, -0.15) is 0 Å². The molecule has 0 spiro atoms. The number of pyridine rings is 1. The summed E-state index contributed by atoms with van der Waals surface area (Å²) in [5, 5.41) is 13.4. The van der Waals surface area contributed by atoms with Crippen LogP contribution in [-0.4, -0.2) is 22.6 Å². The van der Waals surface area contributed by atoms with Crippen LogP contribution in [0.25, 0.3) is 0 Å². The van der Waals surface area contributed by atoms with E-state index in [1.165, 1.54) is 12.1 Å². The number of carbonyl (C=O) groups is 1. The Balaban J connectivity index is 1.63. The van der Waals surface area contributed by atoms with Crippen molar-refractivity contribution in [3.63, 3.8) is 0 Å². The van der Waals surface area contributed by atoms with Crippen molar-refractivity contribution >= 4 is 23.4 Å². The van der Waals surface area contributed by atoms with Gasteiger partial charge in [0.05, 0.1) is 5.56 Å². The Morgan fingerprint density at radius 1 is 1.21 bits per heavy atom. The number of ether oxygens (including phenoxy) is 1. The van der Waals surface area contributed by atoms with Gasteiger partial charge in [-0.05, 0) is 47.9 Å². The van der Waals surface area contributed by atoms with E-state index < -0.39 is 5.97 Å². The summed E-state index contributed by atoms with van der Waals surface area (Å²) in [5.41, 5.74) is 3.20. The van der Waals surface area contributed by atoms with Crippen LogP contribution in [0.3, 0.4) is 0 Å². The van der Waals surface area contributed by atoms with Gasteiger partial charge in [0, 0.05) is 35.3 Å². The molecule has 0 radical (unpaired) electrons. The molecule has 29 heavy (non-hydrogen) atoms. The second-order valence-corrected chi connectivity index (χ2v) is 7.25. The van der Waals surface area contributed by atoms with Gasteiger partial charge in [-0.25, -0.2) is 14.2 Å². The third-order valence-corrected chi connectivity index (χ3v) is 5.09. The number of hydrogen-bond donors (Lipinski definition) is 2. The molecular weight excluding hydrogens is 395 g/mol. The van der Waals surface area contributed by atoms with E-state index in [2.05, 4.69) is 10.3 Å². The first-order valence-electron chi connectivity index (χ1n) is 9.15. The predicted octanol–water partition coefficient (Wildman–Crippen LogP) is 4.71. The van der Waals surface area contributed by atoms with Gasteiger partial charge in [0.15, 0.2) is 0 Å². The molecule has 7 heteroatoms. The molecule has 148 valence electrons. The van der Waals surface area contributed by atoms with Gasteiger partial charge in [0.25, 0.3) is 0 Å².